The van der Waals surface area contributed by atoms with Crippen molar-refractivity contribution in [1.29, 1.82) is 0 Å². The topological polar surface area (TPSA) is 47.4 Å². The van der Waals surface area contributed by atoms with Gasteiger partial charge in [0.15, 0.2) is 0 Å². The van der Waals surface area contributed by atoms with Crippen molar-refractivity contribution in [3.05, 3.63) is 130 Å². The Bertz CT molecular complexity index is 1820. The van der Waals surface area contributed by atoms with E-state index in [-0.39, 0.29) is 12.5 Å². The fourth-order valence-electron chi connectivity index (χ4n) is 4.73. The molecule has 0 aliphatic carbocycles. The summed E-state index contributed by atoms with van der Waals surface area (Å²) in [6.45, 7) is 0.661. The lowest BCUT2D eigenvalue weighted by Gasteiger charge is -2.18. The summed E-state index contributed by atoms with van der Waals surface area (Å²) in [5.41, 5.74) is 5.05. The van der Waals surface area contributed by atoms with Crippen LogP contribution >= 0.6 is 23.2 Å². The summed E-state index contributed by atoms with van der Waals surface area (Å²) in [6, 6.07) is 25.8. The van der Waals surface area contributed by atoms with Crippen LogP contribution in [-0.2, 0) is 22.3 Å². The largest absolute Gasteiger partial charge is 0.468 e. The van der Waals surface area contributed by atoms with Crippen molar-refractivity contribution in [3.63, 3.8) is 0 Å². The predicted octanol–water partition coefficient (Wildman–Crippen LogP) is 9.37. The van der Waals surface area contributed by atoms with Gasteiger partial charge in [-0.15, -0.1) is 0 Å². The SMILES string of the molecule is COC(=O)CN(C)c1ccc(Cn2cc(-c3ccc(Cl)cc3Cl)nc2/C=C/c2ccc(-c3ccc(C(F)(F)F)cc3)cc2)cc1. The van der Waals surface area contributed by atoms with E-state index < -0.39 is 11.7 Å². The smallest absolute Gasteiger partial charge is 0.416 e. The van der Waals surface area contributed by atoms with Crippen LogP contribution in [-0.4, -0.2) is 36.2 Å². The maximum atomic E-state index is 12.9. The number of esters is 1. The molecule has 0 aliphatic rings. The monoisotopic (exact) mass is 649 g/mol. The van der Waals surface area contributed by atoms with Crippen molar-refractivity contribution in [2.45, 2.75) is 12.7 Å². The predicted molar refractivity (Wildman–Crippen MR) is 174 cm³/mol. The number of rotatable bonds is 9. The van der Waals surface area contributed by atoms with Crippen LogP contribution in [0.25, 0.3) is 34.5 Å². The van der Waals surface area contributed by atoms with Gasteiger partial charge in [-0.3, -0.25) is 4.79 Å². The van der Waals surface area contributed by atoms with Gasteiger partial charge in [0, 0.05) is 36.1 Å². The Hall–Kier alpha value is -4.53. The van der Waals surface area contributed by atoms with E-state index in [1.54, 1.807) is 12.1 Å². The van der Waals surface area contributed by atoms with Crippen LogP contribution < -0.4 is 4.90 Å². The molecule has 1 aromatic heterocycles. The Morgan fingerprint density at radius 2 is 1.56 bits per heavy atom. The normalized spacial score (nSPS) is 11.6. The lowest BCUT2D eigenvalue weighted by atomic mass is 10.0. The summed E-state index contributed by atoms with van der Waals surface area (Å²) < 4.78 is 45.6. The van der Waals surface area contributed by atoms with Gasteiger partial charge < -0.3 is 14.2 Å². The summed E-state index contributed by atoms with van der Waals surface area (Å²) in [7, 11) is 3.18. The summed E-state index contributed by atoms with van der Waals surface area (Å²) >= 11 is 12.6. The zero-order valence-electron chi connectivity index (χ0n) is 24.4. The highest BCUT2D eigenvalue weighted by Crippen LogP contribution is 2.32. The van der Waals surface area contributed by atoms with Crippen molar-refractivity contribution >= 4 is 47.0 Å². The standard InChI is InChI=1S/C35H28Cl2F3N3O2/c1-42(22-34(44)45-2)29-15-5-24(6-16-29)20-43-21-32(30-17-14-28(36)19-31(30)37)41-33(43)18-7-23-3-8-25(9-4-23)26-10-12-27(13-11-26)35(38,39)40/h3-19,21H,20,22H2,1-2H3/b18-7+. The third kappa shape index (κ3) is 7.95. The first-order valence-electron chi connectivity index (χ1n) is 13.9. The molecule has 0 radical (unpaired) electrons. The van der Waals surface area contributed by atoms with E-state index in [2.05, 4.69) is 0 Å². The first-order valence-corrected chi connectivity index (χ1v) is 14.6. The van der Waals surface area contributed by atoms with Crippen molar-refractivity contribution in [2.24, 2.45) is 0 Å². The van der Waals surface area contributed by atoms with Crippen LogP contribution in [0.4, 0.5) is 18.9 Å². The number of benzene rings is 4. The molecule has 0 unspecified atom stereocenters. The lowest BCUT2D eigenvalue weighted by molar-refractivity contribution is -0.139. The molecule has 5 nitrogen and oxygen atoms in total. The second-order valence-electron chi connectivity index (χ2n) is 10.4. The molecule has 1 heterocycles. The molecule has 45 heavy (non-hydrogen) atoms. The molecule has 0 bridgehead atoms. The summed E-state index contributed by atoms with van der Waals surface area (Å²) in [5.74, 6) is 0.369. The Morgan fingerprint density at radius 3 is 2.16 bits per heavy atom. The van der Waals surface area contributed by atoms with E-state index in [1.165, 1.54) is 19.2 Å². The van der Waals surface area contributed by atoms with Crippen LogP contribution in [0.1, 0.15) is 22.5 Å². The molecule has 0 fully saturated rings. The average Bonchev–Trinajstić information content (AvgIpc) is 3.42. The highest BCUT2D eigenvalue weighted by Gasteiger charge is 2.30. The minimum atomic E-state index is -4.37. The molecule has 10 heteroatoms. The molecule has 0 saturated heterocycles. The number of anilines is 1. The molecule has 5 rings (SSSR count). The van der Waals surface area contributed by atoms with Crippen molar-refractivity contribution < 1.29 is 22.7 Å². The molecule has 230 valence electrons. The third-order valence-corrected chi connectivity index (χ3v) is 7.77. The van der Waals surface area contributed by atoms with Gasteiger partial charge in [0.2, 0.25) is 0 Å². The van der Waals surface area contributed by atoms with Crippen LogP contribution in [0, 0.1) is 0 Å². The molecule has 0 spiro atoms. The van der Waals surface area contributed by atoms with E-state index in [1.807, 2.05) is 89.5 Å². The minimum Gasteiger partial charge on any atom is -0.468 e. The van der Waals surface area contributed by atoms with Gasteiger partial charge in [0.05, 0.1) is 23.4 Å². The number of aromatic nitrogens is 2. The van der Waals surface area contributed by atoms with Crippen molar-refractivity contribution in [3.8, 4) is 22.4 Å². The minimum absolute atomic E-state index is 0.142. The molecular weight excluding hydrogens is 622 g/mol. The second kappa shape index (κ2) is 13.6. The number of nitrogens with zero attached hydrogens (tertiary/aromatic N) is 3. The van der Waals surface area contributed by atoms with Crippen LogP contribution in [0.15, 0.2) is 97.2 Å². The number of carbonyl (C=O) groups is 1. The number of ether oxygens (including phenoxy) is 1. The van der Waals surface area contributed by atoms with Gasteiger partial charge in [-0.25, -0.2) is 4.98 Å². The maximum Gasteiger partial charge on any atom is 0.416 e. The maximum absolute atomic E-state index is 12.9. The highest BCUT2D eigenvalue weighted by molar-refractivity contribution is 6.36. The van der Waals surface area contributed by atoms with Gasteiger partial charge in [-0.1, -0.05) is 77.8 Å². The summed E-state index contributed by atoms with van der Waals surface area (Å²) in [4.78, 5) is 18.3. The van der Waals surface area contributed by atoms with Gasteiger partial charge in [-0.2, -0.15) is 13.2 Å². The zero-order valence-corrected chi connectivity index (χ0v) is 25.9. The molecule has 0 amide bonds. The number of carbonyl (C=O) groups excluding carboxylic acids is 1. The Balaban J connectivity index is 1.39. The van der Waals surface area contributed by atoms with Crippen LogP contribution in [0.5, 0.6) is 0 Å². The van der Waals surface area contributed by atoms with E-state index in [4.69, 9.17) is 32.9 Å². The summed E-state index contributed by atoms with van der Waals surface area (Å²) in [5, 5.41) is 1.01. The van der Waals surface area contributed by atoms with E-state index in [0.29, 0.717) is 33.7 Å². The number of alkyl halides is 3. The second-order valence-corrected chi connectivity index (χ2v) is 11.2. The molecule has 4 aromatic carbocycles. The van der Waals surface area contributed by atoms with Gasteiger partial charge >= 0.3 is 12.1 Å². The fraction of sp³-hybridized carbons (Fsp3) is 0.143. The number of methoxy groups -OCH3 is 1. The highest BCUT2D eigenvalue weighted by atomic mass is 35.5. The summed E-state index contributed by atoms with van der Waals surface area (Å²) in [6.07, 6.45) is 1.38. The molecule has 0 aliphatic heterocycles. The zero-order chi connectivity index (χ0) is 32.1. The van der Waals surface area contributed by atoms with E-state index >= 15 is 0 Å². The number of imidazole rings is 1. The molecule has 0 saturated carbocycles. The third-order valence-electron chi connectivity index (χ3n) is 7.22. The Labute approximate surface area is 269 Å². The number of hydrogen-bond acceptors (Lipinski definition) is 4. The fourth-order valence-corrected chi connectivity index (χ4v) is 5.23. The van der Waals surface area contributed by atoms with E-state index in [0.717, 1.165) is 40.1 Å². The number of halogens is 5. The molecule has 0 atom stereocenters. The van der Waals surface area contributed by atoms with Crippen molar-refractivity contribution in [2.75, 3.05) is 25.6 Å². The lowest BCUT2D eigenvalue weighted by Crippen LogP contribution is -2.26. The number of likely N-dealkylation sites (N-methyl/N-ethyl adjacent to an activating group) is 1. The van der Waals surface area contributed by atoms with Crippen LogP contribution in [0.3, 0.4) is 0 Å². The average molecular weight is 651 g/mol. The van der Waals surface area contributed by atoms with Gasteiger partial charge in [0.1, 0.15) is 12.4 Å². The van der Waals surface area contributed by atoms with E-state index in [9.17, 15) is 18.0 Å². The molecule has 0 N–H and O–H groups in total. The Kier molecular flexibility index (Phi) is 9.65. The first kappa shape index (κ1) is 31.9. The van der Waals surface area contributed by atoms with Gasteiger partial charge in [0.25, 0.3) is 0 Å². The first-order chi connectivity index (χ1) is 21.5. The number of hydrogen-bond donors (Lipinski definition) is 0. The molecular formula is C35H28Cl2F3N3O2. The van der Waals surface area contributed by atoms with Gasteiger partial charge in [-0.05, 0) is 70.8 Å². The van der Waals surface area contributed by atoms with Crippen LogP contribution in [0.2, 0.25) is 10.0 Å². The Morgan fingerprint density at radius 1 is 0.911 bits per heavy atom. The quantitative estimate of drug-likeness (QED) is 0.149. The molecule has 5 aromatic rings. The van der Waals surface area contributed by atoms with Crippen molar-refractivity contribution in [1.82, 2.24) is 9.55 Å².